The summed E-state index contributed by atoms with van der Waals surface area (Å²) in [5.41, 5.74) is 12.8. The fourth-order valence-electron chi connectivity index (χ4n) is 0.298. The number of hydrogen-bond acceptors (Lipinski definition) is 0. The van der Waals surface area contributed by atoms with Gasteiger partial charge in [-0.3, -0.25) is 0 Å². The van der Waals surface area contributed by atoms with Crippen LogP contribution in [0.15, 0.2) is 53.5 Å². The summed E-state index contributed by atoms with van der Waals surface area (Å²) < 4.78 is 0. The molecule has 0 aliphatic rings. The highest BCUT2D eigenvalue weighted by atomic mass is 13.5. The maximum absolute atomic E-state index is 3.30. The van der Waals surface area contributed by atoms with Crippen LogP contribution in [0.1, 0.15) is 6.92 Å². The molecule has 0 radical (unpaired) electrons. The number of allylic oxidation sites excluding steroid dienone is 3. The lowest BCUT2D eigenvalue weighted by Crippen LogP contribution is -1.37. The average molecular weight is 128 g/mol. The lowest BCUT2D eigenvalue weighted by atomic mass is 10.5. The van der Waals surface area contributed by atoms with E-state index in [0.717, 1.165) is 0 Å². The maximum Gasteiger partial charge on any atom is -0.00137 e. The molecular weight excluding hydrogens is 120 g/mol. The van der Waals surface area contributed by atoms with Crippen molar-refractivity contribution in [2.45, 2.75) is 6.92 Å². The molecule has 0 fully saturated rings. The van der Waals surface area contributed by atoms with E-state index >= 15 is 0 Å². The molecule has 0 amide bonds. The van der Waals surface area contributed by atoms with Crippen molar-refractivity contribution in [1.82, 2.24) is 0 Å². The molecule has 0 spiro atoms. The van der Waals surface area contributed by atoms with Crippen LogP contribution in [-0.4, -0.2) is 0 Å². The topological polar surface area (TPSA) is 0 Å². The molecular formula is C10H8. The molecule has 0 nitrogen and oxygen atoms in total. The Kier molecular flexibility index (Phi) is 6.18. The zero-order chi connectivity index (χ0) is 7.66. The minimum Gasteiger partial charge on any atom is -0.0870 e. The van der Waals surface area contributed by atoms with E-state index in [2.05, 4.69) is 35.2 Å². The molecule has 0 atom stereocenters. The van der Waals surface area contributed by atoms with Gasteiger partial charge in [-0.1, -0.05) is 23.6 Å². The largest absolute Gasteiger partial charge is 0.0870 e. The van der Waals surface area contributed by atoms with Gasteiger partial charge in [-0.15, -0.1) is 0 Å². The van der Waals surface area contributed by atoms with E-state index in [9.17, 15) is 0 Å². The van der Waals surface area contributed by atoms with Crippen molar-refractivity contribution in [1.29, 1.82) is 0 Å². The van der Waals surface area contributed by atoms with Gasteiger partial charge >= 0.3 is 0 Å². The molecule has 10 heavy (non-hydrogen) atoms. The van der Waals surface area contributed by atoms with Crippen molar-refractivity contribution in [3.63, 3.8) is 0 Å². The zero-order valence-corrected chi connectivity index (χ0v) is 5.94. The minimum atomic E-state index is 1.73. The molecule has 0 heterocycles. The standard InChI is InChI=1S/C10H8/c1-3-5-7-9-10-8-6-4-2/h4,6,8H,1H2,2H3. The fourth-order valence-corrected chi connectivity index (χ4v) is 0.298. The van der Waals surface area contributed by atoms with Gasteiger partial charge in [-0.05, 0) is 36.8 Å². The summed E-state index contributed by atoms with van der Waals surface area (Å²) in [5, 5.41) is 0. The van der Waals surface area contributed by atoms with Gasteiger partial charge in [0.2, 0.25) is 0 Å². The van der Waals surface area contributed by atoms with Crippen LogP contribution in [0.3, 0.4) is 0 Å². The van der Waals surface area contributed by atoms with Gasteiger partial charge in [-0.25, -0.2) is 0 Å². The van der Waals surface area contributed by atoms with Crippen LogP contribution in [0.4, 0.5) is 0 Å². The average Bonchev–Trinajstić information content (AvgIpc) is 1.97. The summed E-state index contributed by atoms with van der Waals surface area (Å²) in [6, 6.07) is 0. The summed E-state index contributed by atoms with van der Waals surface area (Å²) in [6.07, 6.45) is 5.49. The Balaban J connectivity index is 4.54. The fraction of sp³-hybridized carbons (Fsp3) is 0.100. The van der Waals surface area contributed by atoms with E-state index in [-0.39, 0.29) is 0 Å². The molecule has 0 bridgehead atoms. The van der Waals surface area contributed by atoms with Gasteiger partial charge < -0.3 is 0 Å². The van der Waals surface area contributed by atoms with Crippen LogP contribution in [-0.2, 0) is 0 Å². The van der Waals surface area contributed by atoms with Crippen LogP contribution in [0.5, 0.6) is 0 Å². The minimum absolute atomic E-state index is 1.73. The van der Waals surface area contributed by atoms with Crippen LogP contribution < -0.4 is 0 Å². The highest BCUT2D eigenvalue weighted by molar-refractivity contribution is 5.00. The van der Waals surface area contributed by atoms with Crippen LogP contribution in [0.25, 0.3) is 0 Å². The van der Waals surface area contributed by atoms with E-state index in [4.69, 9.17) is 0 Å². The summed E-state index contributed by atoms with van der Waals surface area (Å²) >= 11 is 0. The van der Waals surface area contributed by atoms with Crippen molar-refractivity contribution in [3.8, 4) is 0 Å². The zero-order valence-electron chi connectivity index (χ0n) is 5.94. The van der Waals surface area contributed by atoms with Crippen LogP contribution in [0.2, 0.25) is 0 Å². The first-order chi connectivity index (χ1) is 4.91. The Morgan fingerprint density at radius 1 is 1.20 bits per heavy atom. The second-order valence-corrected chi connectivity index (χ2v) is 1.39. The summed E-state index contributed by atoms with van der Waals surface area (Å²) in [5.74, 6) is 0. The Hall–Kier alpha value is -1.62. The van der Waals surface area contributed by atoms with Crippen molar-refractivity contribution in [2.24, 2.45) is 0 Å². The lowest BCUT2D eigenvalue weighted by Gasteiger charge is -1.57. The lowest BCUT2D eigenvalue weighted by molar-refractivity contribution is 1.74. The van der Waals surface area contributed by atoms with Crippen LogP contribution >= 0.6 is 0 Å². The second-order valence-electron chi connectivity index (χ2n) is 1.39. The molecule has 0 saturated heterocycles. The normalized spacial score (nSPS) is 6.50. The third-order valence-electron chi connectivity index (χ3n) is 0.658. The molecule has 48 valence electrons. The van der Waals surface area contributed by atoms with E-state index in [1.807, 2.05) is 19.1 Å². The van der Waals surface area contributed by atoms with Crippen molar-refractivity contribution in [3.05, 3.63) is 53.5 Å². The molecule has 0 aromatic rings. The van der Waals surface area contributed by atoms with Crippen molar-refractivity contribution < 1.29 is 0 Å². The highest BCUT2D eigenvalue weighted by Crippen LogP contribution is 1.68. The predicted octanol–water partition coefficient (Wildman–Crippen LogP) is 2.52. The second kappa shape index (κ2) is 7.38. The molecule has 0 unspecified atom stereocenters. The smallest absolute Gasteiger partial charge is 0.00137 e. The predicted molar refractivity (Wildman–Crippen MR) is 42.6 cm³/mol. The number of rotatable bonds is 1. The first-order valence-corrected chi connectivity index (χ1v) is 2.89. The molecule has 0 rings (SSSR count). The third kappa shape index (κ3) is 6.38. The quantitative estimate of drug-likeness (QED) is 0.376. The van der Waals surface area contributed by atoms with E-state index in [0.29, 0.717) is 0 Å². The molecule has 0 aromatic carbocycles. The van der Waals surface area contributed by atoms with E-state index in [1.54, 1.807) is 6.08 Å². The van der Waals surface area contributed by atoms with E-state index < -0.39 is 0 Å². The third-order valence-corrected chi connectivity index (χ3v) is 0.658. The Bertz CT molecular complexity index is 287. The number of hydrogen-bond donors (Lipinski definition) is 0. The Labute approximate surface area is 61.2 Å². The molecule has 0 aromatic heterocycles. The molecule has 0 aliphatic carbocycles. The highest BCUT2D eigenvalue weighted by Gasteiger charge is 1.48. The van der Waals surface area contributed by atoms with Gasteiger partial charge in [0.05, 0.1) is 0 Å². The monoisotopic (exact) mass is 128 g/mol. The van der Waals surface area contributed by atoms with Gasteiger partial charge in [0.1, 0.15) is 0 Å². The summed E-state index contributed by atoms with van der Waals surface area (Å²) in [7, 11) is 0. The van der Waals surface area contributed by atoms with Gasteiger partial charge in [-0.2, -0.15) is 0 Å². The molecule has 0 aliphatic heterocycles. The van der Waals surface area contributed by atoms with Crippen LogP contribution in [0, 0.1) is 0 Å². The van der Waals surface area contributed by atoms with Crippen molar-refractivity contribution in [2.75, 3.05) is 0 Å². The van der Waals surface area contributed by atoms with Crippen molar-refractivity contribution >= 4 is 0 Å². The van der Waals surface area contributed by atoms with Gasteiger partial charge in [0.15, 0.2) is 0 Å². The molecule has 0 heteroatoms. The Morgan fingerprint density at radius 3 is 2.60 bits per heavy atom. The first kappa shape index (κ1) is 8.38. The van der Waals surface area contributed by atoms with Gasteiger partial charge in [0, 0.05) is 0 Å². The summed E-state index contributed by atoms with van der Waals surface area (Å²) in [4.78, 5) is 0. The summed E-state index contributed by atoms with van der Waals surface area (Å²) in [6.45, 7) is 5.24. The first-order valence-electron chi connectivity index (χ1n) is 2.89. The van der Waals surface area contributed by atoms with Gasteiger partial charge in [0.25, 0.3) is 0 Å². The SMILES string of the molecule is C=C=C=C=C=C=CC=CC. The molecule has 0 saturated carbocycles. The molecule has 0 N–H and O–H groups in total. The maximum atomic E-state index is 3.30. The Morgan fingerprint density at radius 2 is 2.00 bits per heavy atom. The van der Waals surface area contributed by atoms with E-state index in [1.165, 1.54) is 0 Å².